The van der Waals surface area contributed by atoms with Crippen LogP contribution in [0.15, 0.2) is 48.7 Å². The first kappa shape index (κ1) is 39.1. The summed E-state index contributed by atoms with van der Waals surface area (Å²) in [7, 11) is -3.03. The molecule has 17 heteroatoms. The Kier molecular flexibility index (Phi) is 11.3. The molecule has 0 radical (unpaired) electrons. The maximum absolute atomic E-state index is 14.8. The normalized spacial score (nSPS) is 22.6. The molecule has 1 aliphatic carbocycles. The van der Waals surface area contributed by atoms with E-state index in [0.29, 0.717) is 17.8 Å². The molecule has 5 amide bonds. The monoisotopic (exact) mass is 766 g/mol. The highest BCUT2D eigenvalue weighted by Gasteiger charge is 2.50. The van der Waals surface area contributed by atoms with Crippen LogP contribution in [-0.2, 0) is 24.8 Å². The summed E-state index contributed by atoms with van der Waals surface area (Å²) in [5.74, 6) is -3.92. The summed E-state index contributed by atoms with van der Waals surface area (Å²) in [6.45, 7) is 3.08. The number of hydrogen-bond donors (Lipinski definition) is 7. The van der Waals surface area contributed by atoms with Crippen LogP contribution in [0.4, 0.5) is 10.5 Å². The minimum absolute atomic E-state index is 0.000518. The summed E-state index contributed by atoms with van der Waals surface area (Å²) in [6.07, 6.45) is 6.12. The third-order valence-electron chi connectivity index (χ3n) is 11.0. The highest BCUT2D eigenvalue weighted by atomic mass is 32.3. The second-order valence-electron chi connectivity index (χ2n) is 15.4. The number of carbonyl (C=O) groups is 5. The van der Waals surface area contributed by atoms with Gasteiger partial charge in [-0.05, 0) is 61.9 Å². The molecular weight excluding hydrogens is 717 g/mol. The van der Waals surface area contributed by atoms with Crippen molar-refractivity contribution in [3.05, 3.63) is 54.4 Å². The van der Waals surface area contributed by atoms with Crippen LogP contribution in [0.5, 0.6) is 0 Å². The van der Waals surface area contributed by atoms with E-state index >= 15 is 0 Å². The van der Waals surface area contributed by atoms with Crippen LogP contribution in [0.2, 0.25) is 0 Å². The number of ketones is 1. The zero-order valence-electron chi connectivity index (χ0n) is 30.6. The first-order valence-corrected chi connectivity index (χ1v) is 20.3. The maximum Gasteiger partial charge on any atom is 0.319 e. The molecular formula is C37H50N8O8S. The number of urea groups is 1. The van der Waals surface area contributed by atoms with Gasteiger partial charge in [-0.2, -0.15) is 10.6 Å². The van der Waals surface area contributed by atoms with E-state index in [1.165, 1.54) is 15.8 Å². The lowest BCUT2D eigenvalue weighted by Gasteiger charge is -2.45. The van der Waals surface area contributed by atoms with Gasteiger partial charge >= 0.3 is 6.03 Å². The maximum atomic E-state index is 14.8. The van der Waals surface area contributed by atoms with Gasteiger partial charge in [0.2, 0.25) is 17.6 Å². The van der Waals surface area contributed by atoms with E-state index in [1.807, 2.05) is 36.4 Å². The van der Waals surface area contributed by atoms with Gasteiger partial charge in [0, 0.05) is 30.2 Å². The summed E-state index contributed by atoms with van der Waals surface area (Å²) >= 11 is 0. The van der Waals surface area contributed by atoms with Crippen LogP contribution in [0.25, 0.3) is 10.8 Å². The number of benzene rings is 2. The van der Waals surface area contributed by atoms with Crippen LogP contribution >= 0.6 is 10.6 Å². The molecule has 16 nitrogen and oxygen atoms in total. The number of primary amides is 1. The van der Waals surface area contributed by atoms with Gasteiger partial charge in [-0.25, -0.2) is 9.48 Å². The molecule has 1 aromatic heterocycles. The molecule has 0 spiro atoms. The predicted octanol–water partition coefficient (Wildman–Crippen LogP) is 3.42. The Balaban J connectivity index is 1.30. The van der Waals surface area contributed by atoms with Crippen molar-refractivity contribution in [3.63, 3.8) is 0 Å². The number of nitrogens with zero attached hydrogens (tertiary/aromatic N) is 4. The van der Waals surface area contributed by atoms with Gasteiger partial charge in [0.05, 0.1) is 17.9 Å². The molecule has 8 N–H and O–H groups in total. The predicted molar refractivity (Wildman–Crippen MR) is 202 cm³/mol. The lowest BCUT2D eigenvalue weighted by Crippen LogP contribution is -2.64. The Labute approximate surface area is 314 Å². The van der Waals surface area contributed by atoms with Crippen LogP contribution in [0, 0.1) is 5.92 Å². The quantitative estimate of drug-likeness (QED) is 0.140. The standard InChI is InChI=1S/C37H50N8O8S/c1-36(2,51)30-21-39-43-45(30)27-20-29(33(48)42-37(31(46)32(38)47)14-16-54(52,53)17-15-37)44(22-27)34(49)28(18-23-8-4-3-5-9-23)41-35(50)40-26-13-12-24-10-6-7-11-25(24)19-26/h6-7,10-13,19,21,23,27-29,51-53H,3-5,8-9,14-18,20,22H2,1-2H3,(H2,38,47)(H,42,48)(H2,40,41,50)/t27-,28+,29-/m0/s1. The topological polar surface area (TPSA) is 242 Å². The molecule has 292 valence electrons. The summed E-state index contributed by atoms with van der Waals surface area (Å²) in [5, 5.41) is 29.5. The highest BCUT2D eigenvalue weighted by Crippen LogP contribution is 2.47. The van der Waals surface area contributed by atoms with E-state index in [2.05, 4.69) is 26.3 Å². The lowest BCUT2D eigenvalue weighted by atomic mass is 9.84. The van der Waals surface area contributed by atoms with Gasteiger partial charge < -0.3 is 31.7 Å². The smallest absolute Gasteiger partial charge is 0.319 e. The van der Waals surface area contributed by atoms with E-state index in [9.17, 15) is 38.2 Å². The van der Waals surface area contributed by atoms with Crippen molar-refractivity contribution in [2.24, 2.45) is 11.7 Å². The Morgan fingerprint density at radius 1 is 1.02 bits per heavy atom. The van der Waals surface area contributed by atoms with Crippen molar-refractivity contribution >= 4 is 56.6 Å². The number of anilines is 1. The first-order valence-electron chi connectivity index (χ1n) is 18.4. The Morgan fingerprint density at radius 3 is 2.37 bits per heavy atom. The van der Waals surface area contributed by atoms with Crippen molar-refractivity contribution in [3.8, 4) is 0 Å². The van der Waals surface area contributed by atoms with Gasteiger partial charge in [0.25, 0.3) is 5.91 Å². The van der Waals surface area contributed by atoms with Crippen LogP contribution < -0.4 is 21.7 Å². The third kappa shape index (κ3) is 8.69. The van der Waals surface area contributed by atoms with Crippen LogP contribution in [-0.4, -0.2) is 99.3 Å². The number of hydrogen-bond acceptors (Lipinski definition) is 10. The SMILES string of the molecule is CC(C)(O)c1cnnn1[C@H]1C[C@@H](C(=O)NC2(C(=O)C(N)=O)CCS(O)(O)CC2)N(C(=O)[C@@H](CC2CCCCC2)NC(=O)Nc2ccc3ccccc3c2)C1. The van der Waals surface area contributed by atoms with E-state index in [-0.39, 0.29) is 43.2 Å². The number of carbonyl (C=O) groups excluding carboxylic acids is 5. The van der Waals surface area contributed by atoms with Crippen molar-refractivity contribution < 1.29 is 38.2 Å². The number of nitrogens with two attached hydrogens (primary N) is 1. The molecule has 2 saturated heterocycles. The fourth-order valence-electron chi connectivity index (χ4n) is 8.07. The molecule has 54 heavy (non-hydrogen) atoms. The number of aromatic nitrogens is 3. The summed E-state index contributed by atoms with van der Waals surface area (Å²) in [4.78, 5) is 69.6. The second kappa shape index (κ2) is 15.6. The number of fused-ring (bicyclic) bond motifs is 1. The van der Waals surface area contributed by atoms with Gasteiger partial charge in [-0.1, -0.05) is 67.6 Å². The van der Waals surface area contributed by atoms with E-state index in [0.717, 1.165) is 42.9 Å². The van der Waals surface area contributed by atoms with Crippen LogP contribution in [0.3, 0.4) is 0 Å². The van der Waals surface area contributed by atoms with Crippen molar-refractivity contribution in [1.82, 2.24) is 30.5 Å². The highest BCUT2D eigenvalue weighted by molar-refractivity contribution is 8.24. The molecule has 1 saturated carbocycles. The largest absolute Gasteiger partial charge is 0.384 e. The molecule has 3 heterocycles. The second-order valence-corrected chi connectivity index (χ2v) is 17.9. The summed E-state index contributed by atoms with van der Waals surface area (Å²) < 4.78 is 22.1. The molecule has 0 bridgehead atoms. The zero-order valence-corrected chi connectivity index (χ0v) is 31.4. The molecule has 3 aromatic rings. The van der Waals surface area contributed by atoms with E-state index in [1.54, 1.807) is 19.9 Å². The minimum Gasteiger partial charge on any atom is -0.384 e. The third-order valence-corrected chi connectivity index (χ3v) is 12.8. The Hall–Kier alpha value is -4.58. The average molecular weight is 767 g/mol. The van der Waals surface area contributed by atoms with Gasteiger partial charge in [0.1, 0.15) is 23.2 Å². The number of Topliss-reactive ketones (excluding diaryl/α,β-unsaturated/α-hetero) is 1. The summed E-state index contributed by atoms with van der Waals surface area (Å²) in [6, 6.07) is 9.75. The molecule has 2 aliphatic heterocycles. The van der Waals surface area contributed by atoms with E-state index in [4.69, 9.17) is 5.73 Å². The fraction of sp³-hybridized carbons (Fsp3) is 0.541. The van der Waals surface area contributed by atoms with E-state index < -0.39 is 69.4 Å². The van der Waals surface area contributed by atoms with Crippen molar-refractivity contribution in [2.45, 2.75) is 101 Å². The molecule has 6 rings (SSSR count). The fourth-order valence-corrected chi connectivity index (χ4v) is 9.63. The number of nitrogens with one attached hydrogen (secondary N) is 3. The van der Waals surface area contributed by atoms with Crippen LogP contribution in [0.1, 0.15) is 83.4 Å². The molecule has 3 aliphatic rings. The minimum atomic E-state index is -3.03. The van der Waals surface area contributed by atoms with Gasteiger partial charge in [-0.15, -0.1) is 5.10 Å². The molecule has 2 aromatic carbocycles. The number of likely N-dealkylation sites (tertiary alicyclic amines) is 1. The van der Waals surface area contributed by atoms with Crippen molar-refractivity contribution in [2.75, 3.05) is 23.4 Å². The Morgan fingerprint density at radius 2 is 1.70 bits per heavy atom. The van der Waals surface area contributed by atoms with Gasteiger partial charge in [0.15, 0.2) is 0 Å². The number of aliphatic hydroxyl groups is 1. The Bertz CT molecular complexity index is 1900. The van der Waals surface area contributed by atoms with Gasteiger partial charge in [-0.3, -0.25) is 28.3 Å². The number of amides is 5. The zero-order chi connectivity index (χ0) is 38.8. The summed E-state index contributed by atoms with van der Waals surface area (Å²) in [5.41, 5.74) is 3.13. The lowest BCUT2D eigenvalue weighted by molar-refractivity contribution is -0.145. The van der Waals surface area contributed by atoms with Crippen molar-refractivity contribution in [1.29, 1.82) is 0 Å². The molecule has 3 fully saturated rings. The molecule has 3 atom stereocenters. The number of rotatable bonds is 11. The average Bonchev–Trinajstić information content (AvgIpc) is 3.81. The molecule has 0 unspecified atom stereocenters. The first-order chi connectivity index (χ1) is 25.5.